The number of hydrogen-bond acceptors (Lipinski definition) is 3. The summed E-state index contributed by atoms with van der Waals surface area (Å²) in [7, 11) is 3.39. The van der Waals surface area contributed by atoms with Crippen molar-refractivity contribution in [3.8, 4) is 11.5 Å². The summed E-state index contributed by atoms with van der Waals surface area (Å²) < 4.78 is 11.9. The second kappa shape index (κ2) is 5.49. The molecule has 1 saturated carbocycles. The number of halogens is 1. The number of methoxy groups -OCH3 is 2. The van der Waals surface area contributed by atoms with E-state index >= 15 is 0 Å². The normalized spacial score (nSPS) is 17.8. The summed E-state index contributed by atoms with van der Waals surface area (Å²) in [5.74, 6) is 1.74. The minimum Gasteiger partial charge on any atom is -0.496 e. The third-order valence-corrected chi connectivity index (χ3v) is 4.78. The Hall–Kier alpha value is -0.740. The molecule has 0 radical (unpaired) electrons. The molecular weight excluding hydrogens is 294 g/mol. The topological polar surface area (TPSA) is 44.5 Å². The molecule has 0 unspecified atom stereocenters. The van der Waals surface area contributed by atoms with Gasteiger partial charge in [0, 0.05) is 17.5 Å². The van der Waals surface area contributed by atoms with Gasteiger partial charge in [-0.25, -0.2) is 0 Å². The molecule has 2 rings (SSSR count). The maximum absolute atomic E-state index is 6.07. The number of nitrogens with two attached hydrogens (primary N) is 1. The summed E-state index contributed by atoms with van der Waals surface area (Å²) in [4.78, 5) is 0. The number of hydrogen-bond donors (Lipinski definition) is 1. The van der Waals surface area contributed by atoms with Gasteiger partial charge in [0.15, 0.2) is 0 Å². The molecule has 0 spiro atoms. The van der Waals surface area contributed by atoms with Crippen molar-refractivity contribution < 1.29 is 9.47 Å². The molecule has 0 aromatic heterocycles. The minimum atomic E-state index is 0.0265. The Morgan fingerprint density at radius 3 is 2.22 bits per heavy atom. The van der Waals surface area contributed by atoms with Crippen LogP contribution in [0, 0.1) is 0 Å². The Balaban J connectivity index is 2.59. The molecule has 0 bridgehead atoms. The van der Waals surface area contributed by atoms with Gasteiger partial charge in [-0.3, -0.25) is 0 Å². The predicted molar refractivity (Wildman–Crippen MR) is 76.4 cm³/mol. The highest BCUT2D eigenvalue weighted by atomic mass is 79.9. The Morgan fingerprint density at radius 2 is 1.72 bits per heavy atom. The maximum atomic E-state index is 6.07. The van der Waals surface area contributed by atoms with E-state index in [1.807, 2.05) is 12.1 Å². The molecule has 4 heteroatoms. The highest BCUT2D eigenvalue weighted by Gasteiger charge is 2.39. The summed E-state index contributed by atoms with van der Waals surface area (Å²) in [5.41, 5.74) is 7.26. The van der Waals surface area contributed by atoms with Crippen molar-refractivity contribution in [2.45, 2.75) is 31.1 Å². The van der Waals surface area contributed by atoms with Crippen molar-refractivity contribution in [1.29, 1.82) is 0 Å². The van der Waals surface area contributed by atoms with E-state index in [1.54, 1.807) is 14.2 Å². The Bertz CT molecular complexity index is 428. The molecule has 1 fully saturated rings. The van der Waals surface area contributed by atoms with Crippen LogP contribution in [0.2, 0.25) is 0 Å². The van der Waals surface area contributed by atoms with Crippen LogP contribution in [0.3, 0.4) is 0 Å². The second-order valence-corrected chi connectivity index (χ2v) is 5.64. The van der Waals surface area contributed by atoms with Gasteiger partial charge in [0.2, 0.25) is 0 Å². The molecule has 1 aliphatic rings. The third-order valence-electron chi connectivity index (χ3n) is 3.99. The van der Waals surface area contributed by atoms with Gasteiger partial charge in [-0.2, -0.15) is 0 Å². The molecular formula is C14H20BrNO2. The van der Waals surface area contributed by atoms with Gasteiger partial charge in [-0.05, 0) is 40.9 Å². The van der Waals surface area contributed by atoms with Crippen LogP contribution in [-0.2, 0) is 5.41 Å². The van der Waals surface area contributed by atoms with Crippen LogP contribution in [0.4, 0.5) is 0 Å². The maximum Gasteiger partial charge on any atom is 0.133 e. The van der Waals surface area contributed by atoms with Gasteiger partial charge in [0.1, 0.15) is 11.5 Å². The van der Waals surface area contributed by atoms with Crippen LogP contribution >= 0.6 is 15.9 Å². The SMILES string of the molecule is COc1ccc(OC)c(C2(CN)CCCC2)c1Br. The highest BCUT2D eigenvalue weighted by molar-refractivity contribution is 9.10. The number of benzene rings is 1. The van der Waals surface area contributed by atoms with Crippen molar-refractivity contribution in [2.24, 2.45) is 5.73 Å². The summed E-state index contributed by atoms with van der Waals surface area (Å²) in [6.07, 6.45) is 4.69. The van der Waals surface area contributed by atoms with E-state index in [9.17, 15) is 0 Å². The first-order valence-corrected chi connectivity index (χ1v) is 7.09. The summed E-state index contributed by atoms with van der Waals surface area (Å²) >= 11 is 3.66. The number of rotatable bonds is 4. The summed E-state index contributed by atoms with van der Waals surface area (Å²) in [5, 5.41) is 0. The molecule has 0 saturated heterocycles. The fraction of sp³-hybridized carbons (Fsp3) is 0.571. The van der Waals surface area contributed by atoms with Crippen molar-refractivity contribution in [3.63, 3.8) is 0 Å². The van der Waals surface area contributed by atoms with E-state index in [0.29, 0.717) is 6.54 Å². The van der Waals surface area contributed by atoms with Gasteiger partial charge in [0.25, 0.3) is 0 Å². The van der Waals surface area contributed by atoms with Crippen LogP contribution in [0.1, 0.15) is 31.2 Å². The molecule has 0 atom stereocenters. The van der Waals surface area contributed by atoms with Gasteiger partial charge in [0.05, 0.1) is 18.7 Å². The number of ether oxygens (including phenoxy) is 2. The zero-order valence-corrected chi connectivity index (χ0v) is 12.5. The van der Waals surface area contributed by atoms with Gasteiger partial charge in [-0.15, -0.1) is 0 Å². The average molecular weight is 314 g/mol. The zero-order chi connectivity index (χ0) is 13.2. The lowest BCUT2D eigenvalue weighted by Gasteiger charge is -2.31. The van der Waals surface area contributed by atoms with Crippen LogP contribution in [0.15, 0.2) is 16.6 Å². The van der Waals surface area contributed by atoms with Crippen molar-refractivity contribution in [3.05, 3.63) is 22.2 Å². The van der Waals surface area contributed by atoms with Crippen LogP contribution < -0.4 is 15.2 Å². The van der Waals surface area contributed by atoms with E-state index in [0.717, 1.165) is 28.8 Å². The standard InChI is InChI=1S/C14H20BrNO2/c1-17-10-5-6-11(18-2)13(15)12(10)14(9-16)7-3-4-8-14/h5-6H,3-4,7-9,16H2,1-2H3. The molecule has 18 heavy (non-hydrogen) atoms. The van der Waals surface area contributed by atoms with Crippen LogP contribution in [0.5, 0.6) is 11.5 Å². The molecule has 1 aromatic rings. The predicted octanol–water partition coefficient (Wildman–Crippen LogP) is 3.24. The van der Waals surface area contributed by atoms with Crippen molar-refractivity contribution in [1.82, 2.24) is 0 Å². The Kier molecular flexibility index (Phi) is 4.17. The molecule has 0 heterocycles. The van der Waals surface area contributed by atoms with Gasteiger partial charge < -0.3 is 15.2 Å². The van der Waals surface area contributed by atoms with E-state index in [-0.39, 0.29) is 5.41 Å². The Morgan fingerprint density at radius 1 is 1.17 bits per heavy atom. The van der Waals surface area contributed by atoms with E-state index in [1.165, 1.54) is 18.4 Å². The highest BCUT2D eigenvalue weighted by Crippen LogP contribution is 2.49. The van der Waals surface area contributed by atoms with E-state index < -0.39 is 0 Å². The monoisotopic (exact) mass is 313 g/mol. The summed E-state index contributed by atoms with van der Waals surface area (Å²) in [6, 6.07) is 3.89. The smallest absolute Gasteiger partial charge is 0.133 e. The first-order chi connectivity index (χ1) is 8.68. The Labute approximate surface area is 117 Å². The molecule has 3 nitrogen and oxygen atoms in total. The third kappa shape index (κ3) is 2.12. The van der Waals surface area contributed by atoms with Crippen molar-refractivity contribution in [2.75, 3.05) is 20.8 Å². The lowest BCUT2D eigenvalue weighted by atomic mass is 9.78. The quantitative estimate of drug-likeness (QED) is 0.928. The van der Waals surface area contributed by atoms with Gasteiger partial charge >= 0.3 is 0 Å². The molecule has 2 N–H and O–H groups in total. The largest absolute Gasteiger partial charge is 0.496 e. The molecule has 0 aliphatic heterocycles. The van der Waals surface area contributed by atoms with Crippen molar-refractivity contribution >= 4 is 15.9 Å². The first-order valence-electron chi connectivity index (χ1n) is 6.29. The molecule has 100 valence electrons. The van der Waals surface area contributed by atoms with Crippen LogP contribution in [0.25, 0.3) is 0 Å². The molecule has 1 aliphatic carbocycles. The lowest BCUT2D eigenvalue weighted by Crippen LogP contribution is -2.33. The average Bonchev–Trinajstić information content (AvgIpc) is 2.88. The lowest BCUT2D eigenvalue weighted by molar-refractivity contribution is 0.367. The molecule has 1 aromatic carbocycles. The first kappa shape index (κ1) is 13.7. The molecule has 0 amide bonds. The summed E-state index contributed by atoms with van der Waals surface area (Å²) in [6.45, 7) is 0.648. The fourth-order valence-electron chi connectivity index (χ4n) is 2.97. The van der Waals surface area contributed by atoms with Crippen LogP contribution in [-0.4, -0.2) is 20.8 Å². The van der Waals surface area contributed by atoms with E-state index in [2.05, 4.69) is 15.9 Å². The second-order valence-electron chi connectivity index (χ2n) is 4.85. The van der Waals surface area contributed by atoms with E-state index in [4.69, 9.17) is 15.2 Å². The minimum absolute atomic E-state index is 0.0265. The fourth-order valence-corrected chi connectivity index (χ4v) is 3.88. The zero-order valence-electron chi connectivity index (χ0n) is 11.0. The van der Waals surface area contributed by atoms with Gasteiger partial charge in [-0.1, -0.05) is 12.8 Å².